The number of hydrogen-bond donors (Lipinski definition) is 1. The highest BCUT2D eigenvalue weighted by Crippen LogP contribution is 2.25. The zero-order chi connectivity index (χ0) is 12.3. The first-order valence-electron chi connectivity index (χ1n) is 5.33. The highest BCUT2D eigenvalue weighted by atomic mass is 32.1. The third-order valence-electron chi connectivity index (χ3n) is 2.33. The molecule has 0 unspecified atom stereocenters. The van der Waals surface area contributed by atoms with E-state index in [0.29, 0.717) is 11.7 Å². The summed E-state index contributed by atoms with van der Waals surface area (Å²) in [6, 6.07) is 1.99. The van der Waals surface area contributed by atoms with E-state index >= 15 is 0 Å². The molecule has 1 N–H and O–H groups in total. The quantitative estimate of drug-likeness (QED) is 0.907. The van der Waals surface area contributed by atoms with Crippen molar-refractivity contribution in [1.82, 2.24) is 9.97 Å². The molecular formula is C12H13N3OS. The Hall–Kier alpha value is -1.75. The minimum atomic E-state index is -0.121. The standard InChI is InChI=1S/C12H13N3OS/c1-8(2)9-3-6-17-11(9)12(16)15-10-7-13-4-5-14-10/h3-8H,1-2H3,(H,14,15,16). The number of rotatable bonds is 3. The van der Waals surface area contributed by atoms with Crippen molar-refractivity contribution < 1.29 is 4.79 Å². The summed E-state index contributed by atoms with van der Waals surface area (Å²) in [6.45, 7) is 4.14. The molecule has 0 spiro atoms. The van der Waals surface area contributed by atoms with Crippen LogP contribution in [0, 0.1) is 0 Å². The van der Waals surface area contributed by atoms with Gasteiger partial charge in [0, 0.05) is 12.4 Å². The maximum Gasteiger partial charge on any atom is 0.267 e. The molecule has 0 bridgehead atoms. The number of nitrogens with one attached hydrogen (secondary N) is 1. The molecule has 0 aromatic carbocycles. The molecule has 0 aliphatic carbocycles. The van der Waals surface area contributed by atoms with Crippen molar-refractivity contribution in [1.29, 1.82) is 0 Å². The number of nitrogens with zero attached hydrogens (tertiary/aromatic N) is 2. The average molecular weight is 247 g/mol. The van der Waals surface area contributed by atoms with Gasteiger partial charge < -0.3 is 5.32 Å². The molecule has 0 saturated carbocycles. The Labute approximate surface area is 104 Å². The van der Waals surface area contributed by atoms with Crippen LogP contribution in [0.2, 0.25) is 0 Å². The fraction of sp³-hybridized carbons (Fsp3) is 0.250. The van der Waals surface area contributed by atoms with Crippen molar-refractivity contribution in [2.75, 3.05) is 5.32 Å². The van der Waals surface area contributed by atoms with Crippen LogP contribution in [0.5, 0.6) is 0 Å². The van der Waals surface area contributed by atoms with Crippen molar-refractivity contribution in [2.45, 2.75) is 19.8 Å². The first kappa shape index (κ1) is 11.7. The molecule has 88 valence electrons. The minimum Gasteiger partial charge on any atom is -0.305 e. The highest BCUT2D eigenvalue weighted by molar-refractivity contribution is 7.12. The lowest BCUT2D eigenvalue weighted by Crippen LogP contribution is -2.13. The summed E-state index contributed by atoms with van der Waals surface area (Å²) in [5.74, 6) is 0.689. The van der Waals surface area contributed by atoms with E-state index in [-0.39, 0.29) is 5.91 Å². The molecule has 0 aliphatic rings. The van der Waals surface area contributed by atoms with Gasteiger partial charge in [0.05, 0.1) is 11.1 Å². The van der Waals surface area contributed by atoms with Crippen LogP contribution in [0.15, 0.2) is 30.0 Å². The normalized spacial score (nSPS) is 10.5. The largest absolute Gasteiger partial charge is 0.305 e. The molecular weight excluding hydrogens is 234 g/mol. The number of aromatic nitrogens is 2. The number of thiophene rings is 1. The van der Waals surface area contributed by atoms with Gasteiger partial charge in [-0.3, -0.25) is 9.78 Å². The first-order chi connectivity index (χ1) is 8.18. The molecule has 4 nitrogen and oxygen atoms in total. The van der Waals surface area contributed by atoms with Crippen LogP contribution in [0.1, 0.15) is 35.0 Å². The SMILES string of the molecule is CC(C)c1ccsc1C(=O)Nc1cnccn1. The topological polar surface area (TPSA) is 54.9 Å². The third kappa shape index (κ3) is 2.68. The Morgan fingerprint density at radius 1 is 1.41 bits per heavy atom. The Balaban J connectivity index is 2.18. The van der Waals surface area contributed by atoms with E-state index in [1.54, 1.807) is 12.4 Å². The molecule has 2 rings (SSSR count). The van der Waals surface area contributed by atoms with Crippen LogP contribution < -0.4 is 5.32 Å². The van der Waals surface area contributed by atoms with Crippen molar-refractivity contribution in [3.8, 4) is 0 Å². The summed E-state index contributed by atoms with van der Waals surface area (Å²) in [7, 11) is 0. The van der Waals surface area contributed by atoms with Gasteiger partial charge in [0.15, 0.2) is 5.82 Å². The van der Waals surface area contributed by atoms with Gasteiger partial charge in [-0.1, -0.05) is 13.8 Å². The van der Waals surface area contributed by atoms with Crippen LogP contribution >= 0.6 is 11.3 Å². The van der Waals surface area contributed by atoms with E-state index in [9.17, 15) is 4.79 Å². The number of anilines is 1. The first-order valence-corrected chi connectivity index (χ1v) is 6.21. The Morgan fingerprint density at radius 2 is 2.24 bits per heavy atom. The highest BCUT2D eigenvalue weighted by Gasteiger charge is 2.15. The fourth-order valence-corrected chi connectivity index (χ4v) is 2.44. The molecule has 0 atom stereocenters. The Kier molecular flexibility index (Phi) is 3.49. The second-order valence-electron chi connectivity index (χ2n) is 3.90. The summed E-state index contributed by atoms with van der Waals surface area (Å²) in [6.07, 6.45) is 4.65. The van der Waals surface area contributed by atoms with Crippen LogP contribution in [0.25, 0.3) is 0 Å². The van der Waals surface area contributed by atoms with Crippen LogP contribution in [-0.2, 0) is 0 Å². The monoisotopic (exact) mass is 247 g/mol. The molecule has 0 aliphatic heterocycles. The average Bonchev–Trinajstić information content (AvgIpc) is 2.79. The van der Waals surface area contributed by atoms with Gasteiger partial charge in [0.25, 0.3) is 5.91 Å². The third-order valence-corrected chi connectivity index (χ3v) is 3.26. The summed E-state index contributed by atoms with van der Waals surface area (Å²) >= 11 is 1.44. The molecule has 2 aromatic rings. The molecule has 2 heterocycles. The zero-order valence-corrected chi connectivity index (χ0v) is 10.5. The van der Waals surface area contributed by atoms with Gasteiger partial charge in [-0.15, -0.1) is 11.3 Å². The van der Waals surface area contributed by atoms with Gasteiger partial charge in [0.1, 0.15) is 0 Å². The molecule has 5 heteroatoms. The van der Waals surface area contributed by atoms with Crippen molar-refractivity contribution in [3.05, 3.63) is 40.5 Å². The summed E-state index contributed by atoms with van der Waals surface area (Å²) < 4.78 is 0. The van der Waals surface area contributed by atoms with Gasteiger partial charge in [-0.25, -0.2) is 4.98 Å². The zero-order valence-electron chi connectivity index (χ0n) is 9.68. The molecule has 1 amide bonds. The van der Waals surface area contributed by atoms with E-state index in [1.807, 2.05) is 11.4 Å². The van der Waals surface area contributed by atoms with Gasteiger partial charge in [0.2, 0.25) is 0 Å². The van der Waals surface area contributed by atoms with Crippen LogP contribution in [0.4, 0.5) is 5.82 Å². The van der Waals surface area contributed by atoms with E-state index < -0.39 is 0 Å². The van der Waals surface area contributed by atoms with E-state index in [1.165, 1.54) is 17.5 Å². The second-order valence-corrected chi connectivity index (χ2v) is 4.82. The Bertz CT molecular complexity index is 507. The maximum atomic E-state index is 12.0. The minimum absolute atomic E-state index is 0.121. The van der Waals surface area contributed by atoms with Gasteiger partial charge >= 0.3 is 0 Å². The predicted octanol–water partition coefficient (Wildman–Crippen LogP) is 2.91. The summed E-state index contributed by atoms with van der Waals surface area (Å²) in [5.41, 5.74) is 1.07. The van der Waals surface area contributed by atoms with Crippen molar-refractivity contribution >= 4 is 23.1 Å². The lowest BCUT2D eigenvalue weighted by Gasteiger charge is -2.07. The molecule has 0 saturated heterocycles. The summed E-state index contributed by atoms with van der Waals surface area (Å²) in [4.78, 5) is 20.7. The van der Waals surface area contributed by atoms with E-state index in [0.717, 1.165) is 10.4 Å². The molecule has 17 heavy (non-hydrogen) atoms. The smallest absolute Gasteiger partial charge is 0.267 e. The fourth-order valence-electron chi connectivity index (χ4n) is 1.50. The van der Waals surface area contributed by atoms with E-state index in [4.69, 9.17) is 0 Å². The maximum absolute atomic E-state index is 12.0. The lowest BCUT2D eigenvalue weighted by molar-refractivity contribution is 0.102. The predicted molar refractivity (Wildman–Crippen MR) is 68.4 cm³/mol. The number of amides is 1. The number of carbonyl (C=O) groups excluding carboxylic acids is 1. The Morgan fingerprint density at radius 3 is 2.88 bits per heavy atom. The molecule has 0 radical (unpaired) electrons. The van der Waals surface area contributed by atoms with Gasteiger partial charge in [-0.05, 0) is 22.9 Å². The van der Waals surface area contributed by atoms with E-state index in [2.05, 4.69) is 29.1 Å². The summed E-state index contributed by atoms with van der Waals surface area (Å²) in [5, 5.41) is 4.67. The van der Waals surface area contributed by atoms with Crippen LogP contribution in [-0.4, -0.2) is 15.9 Å². The van der Waals surface area contributed by atoms with Gasteiger partial charge in [-0.2, -0.15) is 0 Å². The van der Waals surface area contributed by atoms with Crippen LogP contribution in [0.3, 0.4) is 0 Å². The number of hydrogen-bond acceptors (Lipinski definition) is 4. The lowest BCUT2D eigenvalue weighted by atomic mass is 10.0. The molecule has 2 aromatic heterocycles. The number of carbonyl (C=O) groups is 1. The second kappa shape index (κ2) is 5.05. The van der Waals surface area contributed by atoms with Crippen molar-refractivity contribution in [2.24, 2.45) is 0 Å². The molecule has 0 fully saturated rings. The van der Waals surface area contributed by atoms with Crippen molar-refractivity contribution in [3.63, 3.8) is 0 Å².